The van der Waals surface area contributed by atoms with Crippen LogP contribution in [0.25, 0.3) is 110 Å². The van der Waals surface area contributed by atoms with Crippen molar-refractivity contribution in [1.29, 1.82) is 0 Å². The minimum atomic E-state index is 0.973. The fourth-order valence-electron chi connectivity index (χ4n) is 8.81. The molecule has 10 aromatic carbocycles. The molecule has 0 saturated heterocycles. The van der Waals surface area contributed by atoms with Gasteiger partial charge in [-0.15, -0.1) is 0 Å². The fourth-order valence-corrected chi connectivity index (χ4v) is 8.81. The maximum Gasteiger partial charge on any atom is 0.0780 e. The number of benzene rings is 10. The van der Waals surface area contributed by atoms with Gasteiger partial charge in [-0.05, 0) is 112 Å². The van der Waals surface area contributed by atoms with Gasteiger partial charge in [-0.1, -0.05) is 194 Å². The lowest BCUT2D eigenvalue weighted by Gasteiger charge is -2.19. The van der Waals surface area contributed by atoms with E-state index in [-0.39, 0.29) is 0 Å². The van der Waals surface area contributed by atoms with Crippen molar-refractivity contribution in [3.8, 4) is 66.9 Å². The van der Waals surface area contributed by atoms with Crippen LogP contribution in [-0.2, 0) is 0 Å². The second-order valence-corrected chi connectivity index (χ2v) is 15.1. The first kappa shape index (κ1) is 33.7. The maximum atomic E-state index is 5.10. The Morgan fingerprint density at radius 2 is 0.690 bits per heavy atom. The van der Waals surface area contributed by atoms with E-state index < -0.39 is 0 Å². The highest BCUT2D eigenvalue weighted by Crippen LogP contribution is 2.46. The molecule has 0 N–H and O–H groups in total. The van der Waals surface area contributed by atoms with E-state index in [4.69, 9.17) is 4.98 Å². The molecule has 0 aliphatic rings. The van der Waals surface area contributed by atoms with Crippen LogP contribution in [0.5, 0.6) is 0 Å². The summed E-state index contributed by atoms with van der Waals surface area (Å²) in [6.45, 7) is 0. The van der Waals surface area contributed by atoms with Gasteiger partial charge in [0.2, 0.25) is 0 Å². The summed E-state index contributed by atoms with van der Waals surface area (Å²) in [5, 5.41) is 9.96. The lowest BCUT2D eigenvalue weighted by molar-refractivity contribution is 1.32. The smallest absolute Gasteiger partial charge is 0.0780 e. The van der Waals surface area contributed by atoms with Crippen molar-refractivity contribution in [2.24, 2.45) is 0 Å². The van der Waals surface area contributed by atoms with Gasteiger partial charge < -0.3 is 0 Å². The summed E-state index contributed by atoms with van der Waals surface area (Å²) in [5.41, 5.74) is 13.9. The summed E-state index contributed by atoms with van der Waals surface area (Å²) < 4.78 is 0. The number of hydrogen-bond acceptors (Lipinski definition) is 1. The Hall–Kier alpha value is -7.61. The quantitative estimate of drug-likeness (QED) is 0.155. The molecule has 0 aliphatic heterocycles. The molecule has 1 heterocycles. The van der Waals surface area contributed by atoms with Gasteiger partial charge in [0.05, 0.1) is 5.69 Å². The lowest BCUT2D eigenvalue weighted by Crippen LogP contribution is -1.93. The largest absolute Gasteiger partial charge is 0.255 e. The molecule has 11 rings (SSSR count). The molecule has 0 amide bonds. The summed E-state index contributed by atoms with van der Waals surface area (Å²) in [5.74, 6) is 0. The van der Waals surface area contributed by atoms with Crippen molar-refractivity contribution >= 4 is 43.1 Å². The van der Waals surface area contributed by atoms with Crippen molar-refractivity contribution in [2.75, 3.05) is 0 Å². The standard InChI is InChI=1S/C57H37N/c1-3-13-38(14-4-1)49-36-53(42-17-5-2-6-18-42)57(58-37-49)43-27-23-41(24-28-43)46-31-32-52-54(35-46)56(48-30-26-40-16-8-10-20-45(40)34-48)51-22-12-11-21-50(51)55(52)47-29-25-39-15-7-9-19-44(39)33-47/h1-37H. The van der Waals surface area contributed by atoms with Crippen LogP contribution in [0, 0.1) is 0 Å². The van der Waals surface area contributed by atoms with Crippen LogP contribution in [0.15, 0.2) is 225 Å². The van der Waals surface area contributed by atoms with Crippen molar-refractivity contribution in [3.05, 3.63) is 225 Å². The van der Waals surface area contributed by atoms with Crippen LogP contribution >= 0.6 is 0 Å². The Labute approximate surface area is 338 Å². The molecule has 11 aromatic rings. The number of fused-ring (bicyclic) bond motifs is 4. The molecule has 0 atom stereocenters. The SMILES string of the molecule is c1ccc(-c2cnc(-c3ccc(-c4ccc5c(-c6ccc7ccccc7c6)c6ccccc6c(-c6ccc7ccccc7c6)c5c4)cc3)c(-c3ccccc3)c2)cc1. The zero-order valence-electron chi connectivity index (χ0n) is 31.8. The molecule has 0 aliphatic carbocycles. The van der Waals surface area contributed by atoms with Crippen molar-refractivity contribution < 1.29 is 0 Å². The van der Waals surface area contributed by atoms with E-state index in [0.29, 0.717) is 0 Å². The fraction of sp³-hybridized carbons (Fsp3) is 0. The molecule has 0 bridgehead atoms. The van der Waals surface area contributed by atoms with E-state index in [9.17, 15) is 0 Å². The van der Waals surface area contributed by atoms with Gasteiger partial charge in [0, 0.05) is 22.9 Å². The predicted octanol–water partition coefficient (Wildman–Crippen LogP) is 15.7. The zero-order valence-corrected chi connectivity index (χ0v) is 31.8. The normalized spacial score (nSPS) is 11.4. The summed E-state index contributed by atoms with van der Waals surface area (Å²) in [7, 11) is 0. The molecular formula is C57H37N. The molecule has 0 fully saturated rings. The molecular weight excluding hydrogens is 699 g/mol. The Morgan fingerprint density at radius 3 is 1.31 bits per heavy atom. The molecule has 0 saturated carbocycles. The monoisotopic (exact) mass is 735 g/mol. The van der Waals surface area contributed by atoms with E-state index in [0.717, 1.165) is 39.1 Å². The summed E-state index contributed by atoms with van der Waals surface area (Å²) >= 11 is 0. The molecule has 1 nitrogen and oxygen atoms in total. The molecule has 0 unspecified atom stereocenters. The highest BCUT2D eigenvalue weighted by Gasteiger charge is 2.19. The minimum absolute atomic E-state index is 0.973. The molecule has 58 heavy (non-hydrogen) atoms. The number of aromatic nitrogens is 1. The number of hydrogen-bond donors (Lipinski definition) is 0. The van der Waals surface area contributed by atoms with E-state index in [1.54, 1.807) is 0 Å². The summed E-state index contributed by atoms with van der Waals surface area (Å²) in [4.78, 5) is 5.10. The van der Waals surface area contributed by atoms with Crippen LogP contribution in [0.3, 0.4) is 0 Å². The number of pyridine rings is 1. The lowest BCUT2D eigenvalue weighted by atomic mass is 9.84. The Balaban J connectivity index is 1.09. The molecule has 1 heteroatoms. The van der Waals surface area contributed by atoms with Crippen LogP contribution in [0.2, 0.25) is 0 Å². The van der Waals surface area contributed by atoms with Gasteiger partial charge in [-0.25, -0.2) is 0 Å². The zero-order chi connectivity index (χ0) is 38.4. The van der Waals surface area contributed by atoms with Crippen molar-refractivity contribution in [3.63, 3.8) is 0 Å². The maximum absolute atomic E-state index is 5.10. The third kappa shape index (κ3) is 5.93. The van der Waals surface area contributed by atoms with Crippen molar-refractivity contribution in [2.45, 2.75) is 0 Å². The summed E-state index contributed by atoms with van der Waals surface area (Å²) in [6.07, 6.45) is 2.00. The average molecular weight is 736 g/mol. The van der Waals surface area contributed by atoms with Crippen LogP contribution in [0.1, 0.15) is 0 Å². The van der Waals surface area contributed by atoms with E-state index in [1.807, 2.05) is 6.20 Å². The average Bonchev–Trinajstić information content (AvgIpc) is 3.30. The molecule has 1 aromatic heterocycles. The third-order valence-corrected chi connectivity index (χ3v) is 11.7. The predicted molar refractivity (Wildman–Crippen MR) is 247 cm³/mol. The highest BCUT2D eigenvalue weighted by atomic mass is 14.7. The van der Waals surface area contributed by atoms with E-state index >= 15 is 0 Å². The molecule has 270 valence electrons. The van der Waals surface area contributed by atoms with Gasteiger partial charge in [0.1, 0.15) is 0 Å². The van der Waals surface area contributed by atoms with Crippen molar-refractivity contribution in [1.82, 2.24) is 4.98 Å². The topological polar surface area (TPSA) is 12.9 Å². The Bertz CT molecular complexity index is 3310. The number of nitrogens with zero attached hydrogens (tertiary/aromatic N) is 1. The highest BCUT2D eigenvalue weighted by molar-refractivity contribution is 6.22. The van der Waals surface area contributed by atoms with Crippen LogP contribution < -0.4 is 0 Å². The first-order valence-electron chi connectivity index (χ1n) is 19.9. The van der Waals surface area contributed by atoms with E-state index in [2.05, 4.69) is 218 Å². The molecule has 0 radical (unpaired) electrons. The van der Waals surface area contributed by atoms with Gasteiger partial charge in [-0.2, -0.15) is 0 Å². The minimum Gasteiger partial charge on any atom is -0.255 e. The van der Waals surface area contributed by atoms with Crippen LogP contribution in [0.4, 0.5) is 0 Å². The Morgan fingerprint density at radius 1 is 0.241 bits per heavy atom. The second kappa shape index (κ2) is 14.2. The first-order chi connectivity index (χ1) is 28.7. The third-order valence-electron chi connectivity index (χ3n) is 11.7. The van der Waals surface area contributed by atoms with Gasteiger partial charge in [-0.3, -0.25) is 4.98 Å². The summed E-state index contributed by atoms with van der Waals surface area (Å²) in [6, 6.07) is 79.4. The Kier molecular flexibility index (Phi) is 8.23. The van der Waals surface area contributed by atoms with Crippen LogP contribution in [-0.4, -0.2) is 4.98 Å². The number of rotatable bonds is 6. The van der Waals surface area contributed by atoms with Gasteiger partial charge in [0.25, 0.3) is 0 Å². The molecule has 0 spiro atoms. The second-order valence-electron chi connectivity index (χ2n) is 15.1. The van der Waals surface area contributed by atoms with Gasteiger partial charge in [0.15, 0.2) is 0 Å². The first-order valence-corrected chi connectivity index (χ1v) is 19.9. The van der Waals surface area contributed by atoms with Gasteiger partial charge >= 0.3 is 0 Å². The van der Waals surface area contributed by atoms with E-state index in [1.165, 1.54) is 70.9 Å².